The van der Waals surface area contributed by atoms with E-state index in [2.05, 4.69) is 86.8 Å². The first-order valence-electron chi connectivity index (χ1n) is 15.8. The highest BCUT2D eigenvalue weighted by Gasteiger charge is 2.09. The SMILES string of the molecule is CCCCC/C=C\C/C=C\C/C=C\CCCCC(=O)OC(=O)CCCC/C=C\C/C=C\C/C=C\CCCCC. The van der Waals surface area contributed by atoms with Crippen LogP contribution in [0.3, 0.4) is 0 Å². The third kappa shape index (κ3) is 31.7. The summed E-state index contributed by atoms with van der Waals surface area (Å²) in [5.74, 6) is -0.783. The molecule has 0 heterocycles. The fraction of sp³-hybridized carbons (Fsp3) is 0.611. The number of rotatable bonds is 26. The van der Waals surface area contributed by atoms with Crippen LogP contribution in [-0.4, -0.2) is 11.9 Å². The van der Waals surface area contributed by atoms with Crippen molar-refractivity contribution in [3.63, 3.8) is 0 Å². The van der Waals surface area contributed by atoms with Crippen molar-refractivity contribution in [1.82, 2.24) is 0 Å². The van der Waals surface area contributed by atoms with Gasteiger partial charge in [0.05, 0.1) is 0 Å². The van der Waals surface area contributed by atoms with Crippen molar-refractivity contribution in [2.75, 3.05) is 0 Å². The van der Waals surface area contributed by atoms with Crippen LogP contribution >= 0.6 is 0 Å². The molecule has 0 aliphatic carbocycles. The molecule has 0 unspecified atom stereocenters. The van der Waals surface area contributed by atoms with E-state index < -0.39 is 11.9 Å². The lowest BCUT2D eigenvalue weighted by atomic mass is 10.1. The van der Waals surface area contributed by atoms with Gasteiger partial charge in [0.1, 0.15) is 0 Å². The normalized spacial score (nSPS) is 12.5. The van der Waals surface area contributed by atoms with E-state index in [0.29, 0.717) is 12.8 Å². The minimum Gasteiger partial charge on any atom is -0.393 e. The Hall–Kier alpha value is -2.42. The standard InChI is InChI=1S/C36H58O3/c1-3-5-7-9-11-13-15-17-19-21-23-25-27-29-31-33-35(37)39-36(38)34-32-30-28-26-24-22-20-18-16-14-12-10-8-6-4-2/h11-14,17-20,23-26H,3-10,15-16,21-22,27-34H2,1-2H3/b13-11-,14-12-,19-17-,20-18-,25-23-,26-24-. The van der Waals surface area contributed by atoms with Crippen LogP contribution in [0.2, 0.25) is 0 Å². The van der Waals surface area contributed by atoms with Gasteiger partial charge in [-0.25, -0.2) is 0 Å². The molecule has 0 atom stereocenters. The molecule has 0 fully saturated rings. The molecule has 0 aromatic rings. The second-order valence-electron chi connectivity index (χ2n) is 10.1. The number of carbonyl (C=O) groups is 2. The molecule has 0 saturated heterocycles. The van der Waals surface area contributed by atoms with Gasteiger partial charge in [0.2, 0.25) is 0 Å². The van der Waals surface area contributed by atoms with Gasteiger partial charge >= 0.3 is 11.9 Å². The average Bonchev–Trinajstić information content (AvgIpc) is 2.93. The lowest BCUT2D eigenvalue weighted by Crippen LogP contribution is -2.11. The Balaban J connectivity index is 3.57. The van der Waals surface area contributed by atoms with E-state index in [1.807, 2.05) is 0 Å². The highest BCUT2D eigenvalue weighted by molar-refractivity contribution is 5.85. The van der Waals surface area contributed by atoms with Crippen molar-refractivity contribution >= 4 is 11.9 Å². The minimum atomic E-state index is -0.392. The molecule has 3 nitrogen and oxygen atoms in total. The predicted octanol–water partition coefficient (Wildman–Crippen LogP) is 11.2. The lowest BCUT2D eigenvalue weighted by Gasteiger charge is -2.02. The number of hydrogen-bond acceptors (Lipinski definition) is 3. The molecule has 0 rings (SSSR count). The van der Waals surface area contributed by atoms with Gasteiger partial charge < -0.3 is 4.74 Å². The Morgan fingerprint density at radius 3 is 1.00 bits per heavy atom. The molecule has 0 spiro atoms. The summed E-state index contributed by atoms with van der Waals surface area (Å²) in [6, 6.07) is 0. The largest absolute Gasteiger partial charge is 0.393 e. The molecule has 0 aromatic carbocycles. The maximum absolute atomic E-state index is 11.9. The van der Waals surface area contributed by atoms with E-state index >= 15 is 0 Å². The molecule has 0 amide bonds. The summed E-state index contributed by atoms with van der Waals surface area (Å²) < 4.78 is 4.95. The fourth-order valence-corrected chi connectivity index (χ4v) is 3.87. The van der Waals surface area contributed by atoms with Crippen LogP contribution < -0.4 is 0 Å². The molecule has 0 bridgehead atoms. The summed E-state index contributed by atoms with van der Waals surface area (Å²) in [6.07, 6.45) is 46.5. The first kappa shape index (κ1) is 36.6. The van der Waals surface area contributed by atoms with E-state index in [1.165, 1.54) is 51.4 Å². The monoisotopic (exact) mass is 538 g/mol. The minimum absolute atomic E-state index is 0.314. The van der Waals surface area contributed by atoms with Crippen LogP contribution in [0.5, 0.6) is 0 Å². The van der Waals surface area contributed by atoms with Gasteiger partial charge in [-0.05, 0) is 89.9 Å². The van der Waals surface area contributed by atoms with Gasteiger partial charge in [0.25, 0.3) is 0 Å². The Morgan fingerprint density at radius 2 is 0.692 bits per heavy atom. The van der Waals surface area contributed by atoms with Crippen molar-refractivity contribution in [1.29, 1.82) is 0 Å². The van der Waals surface area contributed by atoms with Crippen LogP contribution in [0.4, 0.5) is 0 Å². The molecule has 0 aliphatic rings. The number of hydrogen-bond donors (Lipinski definition) is 0. The molecule has 220 valence electrons. The van der Waals surface area contributed by atoms with Crippen molar-refractivity contribution in [3.05, 3.63) is 72.9 Å². The van der Waals surface area contributed by atoms with Crippen LogP contribution in [0.1, 0.15) is 142 Å². The Bertz CT molecular complexity index is 674. The molecule has 0 N–H and O–H groups in total. The maximum atomic E-state index is 11.9. The van der Waals surface area contributed by atoms with Gasteiger partial charge in [-0.15, -0.1) is 0 Å². The summed E-state index contributed by atoms with van der Waals surface area (Å²) in [6.45, 7) is 4.46. The molecule has 0 saturated carbocycles. The van der Waals surface area contributed by atoms with Crippen LogP contribution in [0.15, 0.2) is 72.9 Å². The summed E-state index contributed by atoms with van der Waals surface area (Å²) in [5.41, 5.74) is 0. The predicted molar refractivity (Wildman–Crippen MR) is 170 cm³/mol. The van der Waals surface area contributed by atoms with E-state index in [4.69, 9.17) is 4.74 Å². The molecule has 0 aromatic heterocycles. The van der Waals surface area contributed by atoms with Crippen LogP contribution in [0.25, 0.3) is 0 Å². The number of allylic oxidation sites excluding steroid dienone is 12. The number of unbranched alkanes of at least 4 members (excludes halogenated alkanes) is 10. The zero-order chi connectivity index (χ0) is 28.5. The first-order valence-corrected chi connectivity index (χ1v) is 15.8. The summed E-state index contributed by atoms with van der Waals surface area (Å²) >= 11 is 0. The van der Waals surface area contributed by atoms with Gasteiger partial charge in [-0.2, -0.15) is 0 Å². The zero-order valence-corrected chi connectivity index (χ0v) is 25.3. The molecular weight excluding hydrogens is 480 g/mol. The molecule has 0 aliphatic heterocycles. The second kappa shape index (κ2) is 31.8. The quantitative estimate of drug-likeness (QED) is 0.0476. The van der Waals surface area contributed by atoms with Crippen LogP contribution in [0, 0.1) is 0 Å². The number of esters is 2. The van der Waals surface area contributed by atoms with Crippen molar-refractivity contribution in [3.8, 4) is 0 Å². The van der Waals surface area contributed by atoms with E-state index in [1.54, 1.807) is 0 Å². The van der Waals surface area contributed by atoms with Gasteiger partial charge in [-0.1, -0.05) is 112 Å². The summed E-state index contributed by atoms with van der Waals surface area (Å²) in [4.78, 5) is 23.7. The molecule has 39 heavy (non-hydrogen) atoms. The van der Waals surface area contributed by atoms with Crippen molar-refractivity contribution in [2.24, 2.45) is 0 Å². The van der Waals surface area contributed by atoms with Gasteiger partial charge in [0, 0.05) is 12.8 Å². The highest BCUT2D eigenvalue weighted by Crippen LogP contribution is 2.07. The van der Waals surface area contributed by atoms with Gasteiger partial charge in [-0.3, -0.25) is 9.59 Å². The topological polar surface area (TPSA) is 43.4 Å². The Labute approximate surface area is 241 Å². The Kier molecular flexibility index (Phi) is 29.8. The van der Waals surface area contributed by atoms with Gasteiger partial charge in [0.15, 0.2) is 0 Å². The molecule has 0 radical (unpaired) electrons. The Morgan fingerprint density at radius 1 is 0.410 bits per heavy atom. The molecule has 3 heteroatoms. The smallest absolute Gasteiger partial charge is 0.313 e. The zero-order valence-electron chi connectivity index (χ0n) is 25.3. The lowest BCUT2D eigenvalue weighted by molar-refractivity contribution is -0.159. The summed E-state index contributed by atoms with van der Waals surface area (Å²) in [7, 11) is 0. The van der Waals surface area contributed by atoms with Crippen LogP contribution in [-0.2, 0) is 14.3 Å². The van der Waals surface area contributed by atoms with E-state index in [0.717, 1.165) is 64.2 Å². The third-order valence-electron chi connectivity index (χ3n) is 6.27. The summed E-state index contributed by atoms with van der Waals surface area (Å²) in [5, 5.41) is 0. The third-order valence-corrected chi connectivity index (χ3v) is 6.27. The number of carbonyl (C=O) groups excluding carboxylic acids is 2. The van der Waals surface area contributed by atoms with E-state index in [9.17, 15) is 9.59 Å². The van der Waals surface area contributed by atoms with E-state index in [-0.39, 0.29) is 0 Å². The maximum Gasteiger partial charge on any atom is 0.313 e. The highest BCUT2D eigenvalue weighted by atomic mass is 16.6. The fourth-order valence-electron chi connectivity index (χ4n) is 3.87. The second-order valence-corrected chi connectivity index (χ2v) is 10.1. The van der Waals surface area contributed by atoms with Crippen molar-refractivity contribution in [2.45, 2.75) is 142 Å². The molecular formula is C36H58O3. The van der Waals surface area contributed by atoms with Crippen molar-refractivity contribution < 1.29 is 14.3 Å². The first-order chi connectivity index (χ1) is 19.2. The number of ether oxygens (including phenoxy) is 1. The average molecular weight is 539 g/mol.